The Morgan fingerprint density at radius 1 is 0.632 bits per heavy atom. The molecule has 1 heteroatoms. The van der Waals surface area contributed by atoms with Crippen LogP contribution >= 0.6 is 0 Å². The molecule has 0 saturated heterocycles. The highest BCUT2D eigenvalue weighted by Gasteiger charge is 2.43. The summed E-state index contributed by atoms with van der Waals surface area (Å²) in [6.07, 6.45) is 0. The minimum atomic E-state index is -0.111. The summed E-state index contributed by atoms with van der Waals surface area (Å²) in [5, 5.41) is 0. The number of hydrogen-bond donors (Lipinski definition) is 0. The van der Waals surface area contributed by atoms with Gasteiger partial charge in [0, 0.05) is 27.9 Å². The van der Waals surface area contributed by atoms with E-state index in [9.17, 15) is 0 Å². The molecule has 0 heterocycles. The van der Waals surface area contributed by atoms with Crippen molar-refractivity contribution in [2.75, 3.05) is 4.90 Å². The molecule has 0 atom stereocenters. The van der Waals surface area contributed by atoms with Crippen molar-refractivity contribution in [3.63, 3.8) is 0 Å². The third-order valence-electron chi connectivity index (χ3n) is 8.88. The molecular formula is C37H37N. The van der Waals surface area contributed by atoms with Crippen LogP contribution in [-0.4, -0.2) is 0 Å². The van der Waals surface area contributed by atoms with Gasteiger partial charge in [-0.05, 0) is 119 Å². The van der Waals surface area contributed by atoms with E-state index >= 15 is 0 Å². The predicted octanol–water partition coefficient (Wildman–Crippen LogP) is 10.4. The smallest absolute Gasteiger partial charge is 0.0467 e. The zero-order valence-corrected chi connectivity index (χ0v) is 23.7. The van der Waals surface area contributed by atoms with Gasteiger partial charge in [0.15, 0.2) is 0 Å². The Morgan fingerprint density at radius 3 is 1.71 bits per heavy atom. The van der Waals surface area contributed by atoms with Crippen molar-refractivity contribution < 1.29 is 0 Å². The molecule has 0 aliphatic heterocycles. The predicted molar refractivity (Wildman–Crippen MR) is 164 cm³/mol. The van der Waals surface area contributed by atoms with Crippen LogP contribution in [0.3, 0.4) is 0 Å². The van der Waals surface area contributed by atoms with Gasteiger partial charge >= 0.3 is 0 Å². The Morgan fingerprint density at radius 2 is 1.16 bits per heavy atom. The van der Waals surface area contributed by atoms with E-state index in [2.05, 4.69) is 145 Å². The molecule has 1 nitrogen and oxygen atoms in total. The summed E-state index contributed by atoms with van der Waals surface area (Å²) >= 11 is 0. The average Bonchev–Trinajstić information content (AvgIpc) is 3.23. The van der Waals surface area contributed by atoms with E-state index in [4.69, 9.17) is 0 Å². The third-order valence-corrected chi connectivity index (χ3v) is 8.88. The van der Waals surface area contributed by atoms with Crippen molar-refractivity contribution >= 4 is 22.6 Å². The monoisotopic (exact) mass is 495 g/mol. The standard InChI is InChI=1S/C37H37N/c1-23(2)34-25(4)36(5,6)31-22-30-32(21-29(31)34)37(7,8)33-20-28(19-24(3)35(30)33)38(26-15-11-9-12-16-26)27-17-13-10-14-18-27/h9-22H,4H2,1-3,5-8H3. The summed E-state index contributed by atoms with van der Waals surface area (Å²) in [5.41, 5.74) is 17.0. The number of allylic oxidation sites excluding steroid dienone is 3. The van der Waals surface area contributed by atoms with E-state index in [1.807, 2.05) is 0 Å². The lowest BCUT2D eigenvalue weighted by Gasteiger charge is -2.28. The van der Waals surface area contributed by atoms with Gasteiger partial charge in [-0.3, -0.25) is 0 Å². The first kappa shape index (κ1) is 24.5. The van der Waals surface area contributed by atoms with Gasteiger partial charge in [-0.15, -0.1) is 0 Å². The number of hydrogen-bond acceptors (Lipinski definition) is 1. The first-order valence-corrected chi connectivity index (χ1v) is 13.7. The summed E-state index contributed by atoms with van der Waals surface area (Å²) in [5.74, 6) is 0. The number of rotatable bonds is 3. The third kappa shape index (κ3) is 3.38. The lowest BCUT2D eigenvalue weighted by Crippen LogP contribution is -2.17. The summed E-state index contributed by atoms with van der Waals surface area (Å²) in [6.45, 7) is 20.7. The fraction of sp³-hybridized carbons (Fsp3) is 0.243. The molecule has 0 unspecified atom stereocenters. The molecular weight excluding hydrogens is 458 g/mol. The minimum absolute atomic E-state index is 0.0743. The van der Waals surface area contributed by atoms with Crippen LogP contribution in [0.2, 0.25) is 0 Å². The van der Waals surface area contributed by atoms with Gasteiger partial charge in [0.25, 0.3) is 0 Å². The largest absolute Gasteiger partial charge is 0.310 e. The topological polar surface area (TPSA) is 3.24 Å². The zero-order chi connectivity index (χ0) is 27.0. The molecule has 38 heavy (non-hydrogen) atoms. The second-order valence-electron chi connectivity index (χ2n) is 12.2. The molecule has 0 bridgehead atoms. The highest BCUT2D eigenvalue weighted by atomic mass is 15.1. The average molecular weight is 496 g/mol. The molecule has 0 spiro atoms. The van der Waals surface area contributed by atoms with Gasteiger partial charge in [0.2, 0.25) is 0 Å². The van der Waals surface area contributed by atoms with E-state index in [-0.39, 0.29) is 10.8 Å². The second-order valence-corrected chi connectivity index (χ2v) is 12.2. The maximum absolute atomic E-state index is 4.55. The molecule has 0 radical (unpaired) electrons. The van der Waals surface area contributed by atoms with Crippen LogP contribution in [0.15, 0.2) is 103 Å². The van der Waals surface area contributed by atoms with Gasteiger partial charge < -0.3 is 4.90 Å². The maximum Gasteiger partial charge on any atom is 0.0467 e. The molecule has 4 aromatic carbocycles. The molecule has 0 fully saturated rings. The van der Waals surface area contributed by atoms with E-state index in [0.29, 0.717) is 0 Å². The minimum Gasteiger partial charge on any atom is -0.310 e. The highest BCUT2D eigenvalue weighted by Crippen LogP contribution is 2.57. The summed E-state index contributed by atoms with van der Waals surface area (Å²) in [6, 6.07) is 31.1. The van der Waals surface area contributed by atoms with Gasteiger partial charge in [0.05, 0.1) is 0 Å². The van der Waals surface area contributed by atoms with Crippen LogP contribution in [0.1, 0.15) is 69.4 Å². The fourth-order valence-electron chi connectivity index (χ4n) is 6.75. The number of para-hydroxylation sites is 2. The maximum atomic E-state index is 4.55. The van der Waals surface area contributed by atoms with Crippen molar-refractivity contribution in [2.24, 2.45) is 0 Å². The highest BCUT2D eigenvalue weighted by molar-refractivity contribution is 5.95. The molecule has 190 valence electrons. The van der Waals surface area contributed by atoms with E-state index in [0.717, 1.165) is 0 Å². The number of benzene rings is 4. The van der Waals surface area contributed by atoms with E-state index in [1.165, 1.54) is 72.7 Å². The number of anilines is 3. The molecule has 0 aromatic heterocycles. The first-order chi connectivity index (χ1) is 18.0. The summed E-state index contributed by atoms with van der Waals surface area (Å²) < 4.78 is 0. The van der Waals surface area contributed by atoms with Crippen LogP contribution in [-0.2, 0) is 10.8 Å². The van der Waals surface area contributed by atoms with Crippen LogP contribution < -0.4 is 4.90 Å². The molecule has 4 aromatic rings. The van der Waals surface area contributed by atoms with Crippen LogP contribution in [0.25, 0.3) is 16.7 Å². The number of fused-ring (bicyclic) bond motifs is 4. The Hall–Kier alpha value is -3.84. The van der Waals surface area contributed by atoms with Crippen molar-refractivity contribution in [3.8, 4) is 11.1 Å². The fourth-order valence-corrected chi connectivity index (χ4v) is 6.75. The first-order valence-electron chi connectivity index (χ1n) is 13.7. The van der Waals surface area contributed by atoms with Gasteiger partial charge in [-0.1, -0.05) is 76.2 Å². The molecule has 6 rings (SSSR count). The molecule has 0 saturated carbocycles. The Bertz CT molecular complexity index is 1590. The number of nitrogens with zero attached hydrogens (tertiary/aromatic N) is 1. The van der Waals surface area contributed by atoms with Crippen molar-refractivity contribution in [1.29, 1.82) is 0 Å². The SMILES string of the molecule is C=C1C(=C(C)C)c2cc3c(cc2C1(C)C)-c1c(C)cc(N(c2ccccc2)c2ccccc2)cc1C3(C)C. The molecule has 2 aliphatic carbocycles. The van der Waals surface area contributed by atoms with Crippen molar-refractivity contribution in [3.05, 3.63) is 130 Å². The van der Waals surface area contributed by atoms with Crippen LogP contribution in [0.4, 0.5) is 17.1 Å². The van der Waals surface area contributed by atoms with Crippen LogP contribution in [0.5, 0.6) is 0 Å². The number of aryl methyl sites for hydroxylation is 1. The van der Waals surface area contributed by atoms with Crippen LogP contribution in [0, 0.1) is 6.92 Å². The van der Waals surface area contributed by atoms with Gasteiger partial charge in [0.1, 0.15) is 0 Å². The zero-order valence-electron chi connectivity index (χ0n) is 23.7. The quantitative estimate of drug-likeness (QED) is 0.273. The molecule has 2 aliphatic rings. The molecule has 0 amide bonds. The normalized spacial score (nSPS) is 16.2. The van der Waals surface area contributed by atoms with Crippen molar-refractivity contribution in [2.45, 2.75) is 59.3 Å². The van der Waals surface area contributed by atoms with Gasteiger partial charge in [-0.25, -0.2) is 0 Å². The Balaban J connectivity index is 1.59. The summed E-state index contributed by atoms with van der Waals surface area (Å²) in [4.78, 5) is 2.38. The van der Waals surface area contributed by atoms with E-state index < -0.39 is 0 Å². The second kappa shape index (κ2) is 8.33. The van der Waals surface area contributed by atoms with E-state index in [1.54, 1.807) is 0 Å². The molecule has 0 N–H and O–H groups in total. The Labute approximate surface area is 228 Å². The van der Waals surface area contributed by atoms with Gasteiger partial charge in [-0.2, -0.15) is 0 Å². The summed E-state index contributed by atoms with van der Waals surface area (Å²) in [7, 11) is 0. The van der Waals surface area contributed by atoms with Crippen molar-refractivity contribution in [1.82, 2.24) is 0 Å². The lowest BCUT2D eigenvalue weighted by atomic mass is 9.79. The Kier molecular flexibility index (Phi) is 5.37. The lowest BCUT2D eigenvalue weighted by molar-refractivity contribution is 0.652.